The maximum absolute atomic E-state index is 12.1. The fourth-order valence-corrected chi connectivity index (χ4v) is 1.47. The first-order valence-corrected chi connectivity index (χ1v) is 5.15. The monoisotopic (exact) mass is 236 g/mol. The average molecular weight is 236 g/mol. The molecule has 0 bridgehead atoms. The third-order valence-corrected chi connectivity index (χ3v) is 2.26. The molecule has 92 valence electrons. The van der Waals surface area contributed by atoms with Gasteiger partial charge in [-0.25, -0.2) is 0 Å². The molecule has 0 N–H and O–H groups in total. The second-order valence-corrected chi connectivity index (χ2v) is 3.62. The van der Waals surface area contributed by atoms with Crippen molar-refractivity contribution in [3.8, 4) is 0 Å². The summed E-state index contributed by atoms with van der Waals surface area (Å²) in [5.74, 6) is -0.149. The van der Waals surface area contributed by atoms with Crippen molar-refractivity contribution in [3.63, 3.8) is 0 Å². The van der Waals surface area contributed by atoms with E-state index in [2.05, 4.69) is 4.74 Å². The topological polar surface area (TPSA) is 18.5 Å². The van der Waals surface area contributed by atoms with Gasteiger partial charge < -0.3 is 9.47 Å². The maximum Gasteiger partial charge on any atom is 0.573 e. The molecule has 16 heavy (non-hydrogen) atoms. The van der Waals surface area contributed by atoms with Crippen molar-refractivity contribution in [2.45, 2.75) is 26.6 Å². The van der Waals surface area contributed by atoms with Crippen molar-refractivity contribution in [2.24, 2.45) is 5.92 Å². The van der Waals surface area contributed by atoms with Crippen LogP contribution in [0.2, 0.25) is 0 Å². The third-order valence-electron chi connectivity index (χ3n) is 2.26. The summed E-state index contributed by atoms with van der Waals surface area (Å²) in [5.41, 5.74) is 0.519. The molecule has 0 fully saturated rings. The van der Waals surface area contributed by atoms with Crippen LogP contribution in [0.15, 0.2) is 23.5 Å². The van der Waals surface area contributed by atoms with Crippen molar-refractivity contribution in [1.29, 1.82) is 0 Å². The third kappa shape index (κ3) is 4.26. The van der Waals surface area contributed by atoms with Gasteiger partial charge in [0.2, 0.25) is 0 Å². The van der Waals surface area contributed by atoms with E-state index >= 15 is 0 Å². The molecular formula is C11H15F3O2. The van der Waals surface area contributed by atoms with Crippen LogP contribution in [0.5, 0.6) is 0 Å². The first kappa shape index (κ1) is 13.1. The van der Waals surface area contributed by atoms with Crippen molar-refractivity contribution in [3.05, 3.63) is 23.5 Å². The lowest BCUT2D eigenvalue weighted by Crippen LogP contribution is -2.18. The Hall–Kier alpha value is -0.970. The van der Waals surface area contributed by atoms with E-state index < -0.39 is 6.36 Å². The summed E-state index contributed by atoms with van der Waals surface area (Å²) in [5, 5.41) is 0. The van der Waals surface area contributed by atoms with Gasteiger partial charge in [-0.2, -0.15) is 0 Å². The number of rotatable bonds is 4. The number of allylic oxidation sites excluding steroid dienone is 2. The molecule has 0 amide bonds. The number of halogens is 3. The maximum atomic E-state index is 12.1. The molecule has 0 aromatic carbocycles. The van der Waals surface area contributed by atoms with Crippen LogP contribution in [-0.2, 0) is 9.47 Å². The second kappa shape index (κ2) is 5.39. The van der Waals surface area contributed by atoms with Crippen molar-refractivity contribution < 1.29 is 22.6 Å². The van der Waals surface area contributed by atoms with E-state index in [1.165, 1.54) is 6.08 Å². The molecule has 0 saturated heterocycles. The molecule has 0 radical (unpaired) electrons. The van der Waals surface area contributed by atoms with Gasteiger partial charge in [0.05, 0.1) is 6.61 Å². The predicted molar refractivity (Wildman–Crippen MR) is 53.6 cm³/mol. The Kier molecular flexibility index (Phi) is 4.41. The Balaban J connectivity index is 2.63. The summed E-state index contributed by atoms with van der Waals surface area (Å²) in [6, 6.07) is 0. The highest BCUT2D eigenvalue weighted by atomic mass is 19.4. The molecule has 0 aromatic rings. The van der Waals surface area contributed by atoms with Crippen LogP contribution in [0.1, 0.15) is 20.3 Å². The zero-order chi connectivity index (χ0) is 12.2. The van der Waals surface area contributed by atoms with Crippen LogP contribution >= 0.6 is 0 Å². The van der Waals surface area contributed by atoms with Crippen LogP contribution in [-0.4, -0.2) is 19.6 Å². The molecule has 1 rings (SSSR count). The van der Waals surface area contributed by atoms with Gasteiger partial charge in [-0.3, -0.25) is 0 Å². The van der Waals surface area contributed by atoms with Crippen LogP contribution in [0, 0.1) is 5.92 Å². The first-order valence-electron chi connectivity index (χ1n) is 5.15. The second-order valence-electron chi connectivity index (χ2n) is 3.62. The minimum Gasteiger partial charge on any atom is -0.406 e. The summed E-state index contributed by atoms with van der Waals surface area (Å²) in [4.78, 5) is 0. The number of hydrogen-bond donors (Lipinski definition) is 0. The summed E-state index contributed by atoms with van der Waals surface area (Å²) < 4.78 is 45.3. The Morgan fingerprint density at radius 3 is 2.69 bits per heavy atom. The highest BCUT2D eigenvalue weighted by Crippen LogP contribution is 2.29. The molecule has 2 nitrogen and oxygen atoms in total. The van der Waals surface area contributed by atoms with Gasteiger partial charge in [-0.05, 0) is 31.9 Å². The largest absolute Gasteiger partial charge is 0.573 e. The van der Waals surface area contributed by atoms with Crippen molar-refractivity contribution >= 4 is 0 Å². The van der Waals surface area contributed by atoms with E-state index in [-0.39, 0.29) is 11.7 Å². The Bertz CT molecular complexity index is 292. The molecule has 1 aliphatic rings. The Labute approximate surface area is 92.7 Å². The van der Waals surface area contributed by atoms with Gasteiger partial charge in [-0.1, -0.05) is 6.08 Å². The molecule has 0 spiro atoms. The number of ether oxygens (including phenoxy) is 2. The highest BCUT2D eigenvalue weighted by Gasteiger charge is 2.33. The smallest absolute Gasteiger partial charge is 0.406 e. The minimum absolute atomic E-state index is 0.0407. The number of hydrogen-bond acceptors (Lipinski definition) is 2. The van der Waals surface area contributed by atoms with Crippen LogP contribution < -0.4 is 0 Å². The van der Waals surface area contributed by atoms with E-state index in [9.17, 15) is 13.2 Å². The van der Waals surface area contributed by atoms with E-state index in [4.69, 9.17) is 4.74 Å². The van der Waals surface area contributed by atoms with Crippen LogP contribution in [0.3, 0.4) is 0 Å². The lowest BCUT2D eigenvalue weighted by Gasteiger charge is -2.21. The Morgan fingerprint density at radius 1 is 1.44 bits per heavy atom. The fourth-order valence-electron chi connectivity index (χ4n) is 1.47. The van der Waals surface area contributed by atoms with Crippen molar-refractivity contribution in [1.82, 2.24) is 0 Å². The predicted octanol–water partition coefficient (Wildman–Crippen LogP) is 3.41. The van der Waals surface area contributed by atoms with Gasteiger partial charge >= 0.3 is 6.36 Å². The summed E-state index contributed by atoms with van der Waals surface area (Å²) in [6.07, 6.45) is -0.714. The van der Waals surface area contributed by atoms with Crippen molar-refractivity contribution in [2.75, 3.05) is 13.2 Å². The summed E-state index contributed by atoms with van der Waals surface area (Å²) >= 11 is 0. The molecule has 1 unspecified atom stereocenters. The first-order chi connectivity index (χ1) is 7.42. The molecular weight excluding hydrogens is 221 g/mol. The lowest BCUT2D eigenvalue weighted by atomic mass is 9.97. The molecule has 0 aliphatic heterocycles. The molecule has 0 heterocycles. The summed E-state index contributed by atoms with van der Waals surface area (Å²) in [6.45, 7) is 4.43. The standard InChI is InChI=1S/C11H15F3O2/c1-3-15-7-9-5-4-8(2)10(6-9)16-11(12,13)14/h4,6,9H,3,5,7H2,1-2H3. The Morgan fingerprint density at radius 2 is 2.12 bits per heavy atom. The lowest BCUT2D eigenvalue weighted by molar-refractivity contribution is -0.304. The van der Waals surface area contributed by atoms with E-state index in [0.29, 0.717) is 25.2 Å². The quantitative estimate of drug-likeness (QED) is 0.744. The number of alkyl halides is 3. The molecule has 5 heteroatoms. The molecule has 1 aliphatic carbocycles. The van der Waals surface area contributed by atoms with Gasteiger partial charge in [0, 0.05) is 12.5 Å². The molecule has 1 atom stereocenters. The summed E-state index contributed by atoms with van der Waals surface area (Å²) in [7, 11) is 0. The van der Waals surface area contributed by atoms with E-state index in [1.54, 1.807) is 13.0 Å². The molecule has 0 saturated carbocycles. The average Bonchev–Trinajstić information content (AvgIpc) is 2.17. The molecule has 0 aromatic heterocycles. The van der Waals surface area contributed by atoms with Crippen LogP contribution in [0.25, 0.3) is 0 Å². The van der Waals surface area contributed by atoms with Gasteiger partial charge in [0.25, 0.3) is 0 Å². The van der Waals surface area contributed by atoms with Gasteiger partial charge in [0.1, 0.15) is 5.76 Å². The SMILES string of the molecule is CCOCC1C=C(OC(F)(F)F)C(C)=CC1. The minimum atomic E-state index is -4.63. The normalized spacial score (nSPS) is 21.4. The fraction of sp³-hybridized carbons (Fsp3) is 0.636. The van der Waals surface area contributed by atoms with Gasteiger partial charge in [-0.15, -0.1) is 13.2 Å². The zero-order valence-electron chi connectivity index (χ0n) is 9.30. The highest BCUT2D eigenvalue weighted by molar-refractivity contribution is 5.28. The van der Waals surface area contributed by atoms with Gasteiger partial charge in [0.15, 0.2) is 0 Å². The van der Waals surface area contributed by atoms with Crippen LogP contribution in [0.4, 0.5) is 13.2 Å². The van der Waals surface area contributed by atoms with E-state index in [0.717, 1.165) is 0 Å². The van der Waals surface area contributed by atoms with E-state index in [1.807, 2.05) is 6.92 Å². The zero-order valence-corrected chi connectivity index (χ0v) is 9.30.